The summed E-state index contributed by atoms with van der Waals surface area (Å²) in [4.78, 5) is 42.1. The quantitative estimate of drug-likeness (QED) is 0.793. The summed E-state index contributed by atoms with van der Waals surface area (Å²) in [5.41, 5.74) is -0.553. The van der Waals surface area contributed by atoms with E-state index in [4.69, 9.17) is 4.74 Å². The van der Waals surface area contributed by atoms with Gasteiger partial charge in [0, 0.05) is 12.3 Å². The van der Waals surface area contributed by atoms with Crippen molar-refractivity contribution < 1.29 is 19.1 Å². The first-order chi connectivity index (χ1) is 12.4. The molecule has 0 radical (unpaired) electrons. The summed E-state index contributed by atoms with van der Waals surface area (Å²) in [6.07, 6.45) is 1.48. The maximum Gasteiger partial charge on any atom is 0.325 e. The largest absolute Gasteiger partial charge is 0.497 e. The van der Waals surface area contributed by atoms with Gasteiger partial charge in [-0.3, -0.25) is 14.5 Å². The summed E-state index contributed by atoms with van der Waals surface area (Å²) in [5, 5.41) is 5.20. The van der Waals surface area contributed by atoms with Crippen molar-refractivity contribution in [3.63, 3.8) is 0 Å². The molecule has 2 heterocycles. The lowest BCUT2D eigenvalue weighted by molar-refractivity contribution is -0.133. The summed E-state index contributed by atoms with van der Waals surface area (Å²) in [5.74, 6) is -0.219. The van der Waals surface area contributed by atoms with Crippen LogP contribution < -0.4 is 15.4 Å². The van der Waals surface area contributed by atoms with Gasteiger partial charge < -0.3 is 15.4 Å². The molecule has 1 aromatic heterocycles. The first-order valence-electron chi connectivity index (χ1n) is 7.93. The van der Waals surface area contributed by atoms with Crippen LogP contribution >= 0.6 is 0 Å². The van der Waals surface area contributed by atoms with Crippen molar-refractivity contribution in [3.8, 4) is 5.75 Å². The standard InChI is InChI=1S/C18H18N4O4/c1-18(12-6-4-3-5-7-12)16(24)22(17(25)21-18)11-15(23)20-14-10-13(26-2)8-9-19-14/h3-10H,11H2,1-2H3,(H,21,25)(H,19,20,23). The first-order valence-corrected chi connectivity index (χ1v) is 7.93. The summed E-state index contributed by atoms with van der Waals surface area (Å²) >= 11 is 0. The van der Waals surface area contributed by atoms with Gasteiger partial charge in [-0.25, -0.2) is 9.78 Å². The van der Waals surface area contributed by atoms with Crippen LogP contribution in [-0.2, 0) is 15.1 Å². The topological polar surface area (TPSA) is 101 Å². The van der Waals surface area contributed by atoms with Crippen LogP contribution in [0.4, 0.5) is 10.6 Å². The normalized spacial score (nSPS) is 19.2. The molecule has 8 heteroatoms. The molecule has 0 spiro atoms. The van der Waals surface area contributed by atoms with Crippen molar-refractivity contribution in [2.75, 3.05) is 19.0 Å². The maximum atomic E-state index is 12.8. The Kier molecular flexibility index (Phi) is 4.57. The molecule has 1 fully saturated rings. The minimum Gasteiger partial charge on any atom is -0.497 e. The smallest absolute Gasteiger partial charge is 0.325 e. The molecule has 134 valence electrons. The Hall–Kier alpha value is -3.42. The Bertz CT molecular complexity index is 855. The fourth-order valence-corrected chi connectivity index (χ4v) is 2.74. The van der Waals surface area contributed by atoms with Gasteiger partial charge in [0.2, 0.25) is 5.91 Å². The molecule has 1 aromatic carbocycles. The summed E-state index contributed by atoms with van der Waals surface area (Å²) in [6, 6.07) is 11.4. The number of nitrogens with zero attached hydrogens (tertiary/aromatic N) is 2. The van der Waals surface area contributed by atoms with Crippen LogP contribution in [-0.4, -0.2) is 41.4 Å². The molecule has 1 saturated heterocycles. The fraction of sp³-hybridized carbons (Fsp3) is 0.222. The van der Waals surface area contributed by atoms with E-state index in [1.807, 2.05) is 6.07 Å². The molecule has 1 unspecified atom stereocenters. The van der Waals surface area contributed by atoms with Crippen molar-refractivity contribution >= 4 is 23.7 Å². The number of carbonyl (C=O) groups is 3. The number of ether oxygens (including phenoxy) is 1. The highest BCUT2D eigenvalue weighted by atomic mass is 16.5. The van der Waals surface area contributed by atoms with Gasteiger partial charge in [-0.15, -0.1) is 0 Å². The number of hydrogen-bond acceptors (Lipinski definition) is 5. The van der Waals surface area contributed by atoms with E-state index in [-0.39, 0.29) is 5.82 Å². The van der Waals surface area contributed by atoms with Crippen molar-refractivity contribution in [1.29, 1.82) is 0 Å². The number of amides is 4. The lowest BCUT2D eigenvalue weighted by Crippen LogP contribution is -2.42. The van der Waals surface area contributed by atoms with Gasteiger partial charge in [0.15, 0.2) is 0 Å². The van der Waals surface area contributed by atoms with Gasteiger partial charge in [-0.1, -0.05) is 30.3 Å². The van der Waals surface area contributed by atoms with Crippen LogP contribution in [0.15, 0.2) is 48.7 Å². The van der Waals surface area contributed by atoms with E-state index in [0.29, 0.717) is 11.3 Å². The Labute approximate surface area is 150 Å². The van der Waals surface area contributed by atoms with E-state index in [9.17, 15) is 14.4 Å². The summed E-state index contributed by atoms with van der Waals surface area (Å²) < 4.78 is 5.06. The van der Waals surface area contributed by atoms with Crippen LogP contribution in [0.1, 0.15) is 12.5 Å². The third kappa shape index (κ3) is 3.21. The number of aromatic nitrogens is 1. The Balaban J connectivity index is 1.72. The molecule has 1 aliphatic heterocycles. The molecule has 1 aliphatic rings. The molecular formula is C18H18N4O4. The number of urea groups is 1. The second-order valence-electron chi connectivity index (χ2n) is 5.94. The zero-order valence-electron chi connectivity index (χ0n) is 14.4. The minimum absolute atomic E-state index is 0.271. The van der Waals surface area contributed by atoms with Gasteiger partial charge in [-0.05, 0) is 18.6 Å². The minimum atomic E-state index is -1.20. The highest BCUT2D eigenvalue weighted by Crippen LogP contribution is 2.28. The predicted octanol–water partition coefficient (Wildman–Crippen LogP) is 1.50. The van der Waals surface area contributed by atoms with Crippen LogP contribution in [0, 0.1) is 0 Å². The number of methoxy groups -OCH3 is 1. The van der Waals surface area contributed by atoms with E-state index in [0.717, 1.165) is 4.90 Å². The molecule has 0 saturated carbocycles. The lowest BCUT2D eigenvalue weighted by Gasteiger charge is -2.22. The van der Waals surface area contributed by atoms with Gasteiger partial charge in [0.1, 0.15) is 23.7 Å². The molecule has 8 nitrogen and oxygen atoms in total. The van der Waals surface area contributed by atoms with Crippen molar-refractivity contribution in [2.45, 2.75) is 12.5 Å². The van der Waals surface area contributed by atoms with E-state index in [2.05, 4.69) is 15.6 Å². The molecule has 0 aliphatic carbocycles. The number of benzene rings is 1. The molecule has 0 bridgehead atoms. The zero-order chi connectivity index (χ0) is 18.7. The van der Waals surface area contributed by atoms with E-state index in [1.165, 1.54) is 19.4 Å². The Morgan fingerprint density at radius 1 is 1.27 bits per heavy atom. The molecule has 3 rings (SSSR count). The fourth-order valence-electron chi connectivity index (χ4n) is 2.74. The highest BCUT2D eigenvalue weighted by molar-refractivity contribution is 6.10. The number of hydrogen-bond donors (Lipinski definition) is 2. The average molecular weight is 354 g/mol. The number of nitrogens with one attached hydrogen (secondary N) is 2. The van der Waals surface area contributed by atoms with Gasteiger partial charge in [-0.2, -0.15) is 0 Å². The number of rotatable bonds is 5. The van der Waals surface area contributed by atoms with E-state index in [1.54, 1.807) is 37.3 Å². The van der Waals surface area contributed by atoms with Gasteiger partial charge in [0.05, 0.1) is 7.11 Å². The number of carbonyl (C=O) groups excluding carboxylic acids is 3. The molecule has 2 N–H and O–H groups in total. The Morgan fingerprint density at radius 3 is 2.69 bits per heavy atom. The van der Waals surface area contributed by atoms with Crippen LogP contribution in [0.2, 0.25) is 0 Å². The van der Waals surface area contributed by atoms with Crippen molar-refractivity contribution in [2.24, 2.45) is 0 Å². The number of pyridine rings is 1. The molecule has 2 aromatic rings. The predicted molar refractivity (Wildman–Crippen MR) is 93.5 cm³/mol. The average Bonchev–Trinajstić information content (AvgIpc) is 2.87. The number of anilines is 1. The summed E-state index contributed by atoms with van der Waals surface area (Å²) in [6.45, 7) is 1.20. The van der Waals surface area contributed by atoms with Crippen LogP contribution in [0.25, 0.3) is 0 Å². The third-order valence-electron chi connectivity index (χ3n) is 4.16. The third-order valence-corrected chi connectivity index (χ3v) is 4.16. The van der Waals surface area contributed by atoms with Crippen molar-refractivity contribution in [1.82, 2.24) is 15.2 Å². The molecule has 4 amide bonds. The Morgan fingerprint density at radius 2 is 2.00 bits per heavy atom. The van der Waals surface area contributed by atoms with E-state index < -0.39 is 29.9 Å². The van der Waals surface area contributed by atoms with E-state index >= 15 is 0 Å². The molecular weight excluding hydrogens is 336 g/mol. The first kappa shape index (κ1) is 17.4. The SMILES string of the molecule is COc1ccnc(NC(=O)CN2C(=O)NC(C)(c3ccccc3)C2=O)c1. The van der Waals surface area contributed by atoms with Crippen molar-refractivity contribution in [3.05, 3.63) is 54.2 Å². The van der Waals surface area contributed by atoms with Gasteiger partial charge >= 0.3 is 6.03 Å². The highest BCUT2D eigenvalue weighted by Gasteiger charge is 2.49. The van der Waals surface area contributed by atoms with Crippen LogP contribution in [0.5, 0.6) is 5.75 Å². The molecule has 1 atom stereocenters. The second-order valence-corrected chi connectivity index (χ2v) is 5.94. The zero-order valence-corrected chi connectivity index (χ0v) is 14.4. The maximum absolute atomic E-state index is 12.8. The molecule has 26 heavy (non-hydrogen) atoms. The van der Waals surface area contributed by atoms with Crippen LogP contribution in [0.3, 0.4) is 0 Å². The number of imide groups is 1. The summed E-state index contributed by atoms with van der Waals surface area (Å²) in [7, 11) is 1.50. The second kappa shape index (κ2) is 6.83. The van der Waals surface area contributed by atoms with Gasteiger partial charge in [0.25, 0.3) is 5.91 Å². The lowest BCUT2D eigenvalue weighted by atomic mass is 9.92. The monoisotopic (exact) mass is 354 g/mol.